The van der Waals surface area contributed by atoms with Crippen molar-refractivity contribution in [2.75, 3.05) is 14.1 Å². The molecule has 6 heteroatoms. The first kappa shape index (κ1) is 9.92. The average Bonchev–Trinajstić information content (AvgIpc) is 2.57. The van der Waals surface area contributed by atoms with Gasteiger partial charge in [0.2, 0.25) is 0 Å². The molecule has 0 fully saturated rings. The highest BCUT2D eigenvalue weighted by Gasteiger charge is 2.37. The number of amidine groups is 1. The average molecular weight is 230 g/mol. The second-order valence-corrected chi connectivity index (χ2v) is 5.54. The summed E-state index contributed by atoms with van der Waals surface area (Å²) in [5.74, 6) is -0.841. The molecular weight excluding hydrogens is 220 g/mol. The molecule has 2 rings (SSSR count). The molecule has 0 spiro atoms. The van der Waals surface area contributed by atoms with Crippen LogP contribution in [0, 0.1) is 0 Å². The summed E-state index contributed by atoms with van der Waals surface area (Å²) in [7, 11) is 3.89. The van der Waals surface area contributed by atoms with E-state index >= 15 is 0 Å². The van der Waals surface area contributed by atoms with Crippen LogP contribution in [0.25, 0.3) is 0 Å². The maximum absolute atomic E-state index is 10.7. The second kappa shape index (κ2) is 3.51. The van der Waals surface area contributed by atoms with E-state index in [-0.39, 0.29) is 10.6 Å². The number of hydrogen-bond acceptors (Lipinski definition) is 5. The fourth-order valence-electron chi connectivity index (χ4n) is 1.26. The van der Waals surface area contributed by atoms with E-state index in [4.69, 9.17) is 5.11 Å². The van der Waals surface area contributed by atoms with Crippen LogP contribution in [0.3, 0.4) is 0 Å². The Balaban J connectivity index is 2.08. The number of thioether (sulfide) groups is 2. The topological polar surface area (TPSA) is 52.9 Å². The van der Waals surface area contributed by atoms with Gasteiger partial charge in [-0.25, -0.2) is 9.79 Å². The number of fused-ring (bicyclic) bond motifs is 1. The van der Waals surface area contributed by atoms with E-state index in [0.717, 1.165) is 5.17 Å². The van der Waals surface area contributed by atoms with Crippen molar-refractivity contribution in [2.24, 2.45) is 4.99 Å². The van der Waals surface area contributed by atoms with Crippen LogP contribution >= 0.6 is 23.5 Å². The van der Waals surface area contributed by atoms with Crippen LogP contribution in [0.4, 0.5) is 0 Å². The largest absolute Gasteiger partial charge is 0.477 e. The summed E-state index contributed by atoms with van der Waals surface area (Å²) in [5, 5.41) is 10.0. The van der Waals surface area contributed by atoms with Crippen LogP contribution in [0.2, 0.25) is 0 Å². The van der Waals surface area contributed by atoms with Crippen molar-refractivity contribution in [2.45, 2.75) is 10.6 Å². The molecule has 2 aliphatic rings. The summed E-state index contributed by atoms with van der Waals surface area (Å²) in [6.07, 6.45) is 1.79. The highest BCUT2D eigenvalue weighted by molar-refractivity contribution is 8.16. The fourth-order valence-corrected chi connectivity index (χ4v) is 3.71. The lowest BCUT2D eigenvalue weighted by molar-refractivity contribution is -0.131. The third-order valence-corrected chi connectivity index (χ3v) is 4.64. The van der Waals surface area contributed by atoms with Crippen LogP contribution < -0.4 is 0 Å². The van der Waals surface area contributed by atoms with Crippen LogP contribution in [0.5, 0.6) is 0 Å². The van der Waals surface area contributed by atoms with Gasteiger partial charge in [0.15, 0.2) is 5.17 Å². The Morgan fingerprint density at radius 2 is 2.29 bits per heavy atom. The molecule has 76 valence electrons. The Labute approximate surface area is 90.4 Å². The molecule has 0 bridgehead atoms. The minimum absolute atomic E-state index is 0.0588. The van der Waals surface area contributed by atoms with Crippen molar-refractivity contribution in [1.29, 1.82) is 0 Å². The summed E-state index contributed by atoms with van der Waals surface area (Å²) >= 11 is 2.96. The Kier molecular flexibility index (Phi) is 2.48. The lowest BCUT2D eigenvalue weighted by Gasteiger charge is -2.10. The van der Waals surface area contributed by atoms with E-state index in [0.29, 0.717) is 4.91 Å². The Morgan fingerprint density at radius 1 is 1.57 bits per heavy atom. The van der Waals surface area contributed by atoms with E-state index in [9.17, 15) is 4.79 Å². The summed E-state index contributed by atoms with van der Waals surface area (Å²) in [5.41, 5.74) is 0. The molecule has 0 saturated heterocycles. The van der Waals surface area contributed by atoms with Gasteiger partial charge in [0.25, 0.3) is 0 Å². The van der Waals surface area contributed by atoms with Gasteiger partial charge >= 0.3 is 5.97 Å². The van der Waals surface area contributed by atoms with E-state index < -0.39 is 5.97 Å². The molecule has 2 heterocycles. The third kappa shape index (κ3) is 1.64. The van der Waals surface area contributed by atoms with Crippen LogP contribution in [-0.4, -0.2) is 45.9 Å². The number of aliphatic carboxylic acids is 1. The maximum Gasteiger partial charge on any atom is 0.341 e. The van der Waals surface area contributed by atoms with Gasteiger partial charge in [-0.2, -0.15) is 0 Å². The van der Waals surface area contributed by atoms with Crippen LogP contribution in [-0.2, 0) is 4.79 Å². The second-order valence-electron chi connectivity index (χ2n) is 3.23. The SMILES string of the molecule is CN(C)C1=NC2SC(C(=O)O)=CC2S1. The monoisotopic (exact) mass is 230 g/mol. The summed E-state index contributed by atoms with van der Waals surface area (Å²) in [6.45, 7) is 0. The van der Waals surface area contributed by atoms with Gasteiger partial charge < -0.3 is 10.0 Å². The van der Waals surface area contributed by atoms with Crippen molar-refractivity contribution in [3.8, 4) is 0 Å². The van der Waals surface area contributed by atoms with Crippen molar-refractivity contribution < 1.29 is 9.90 Å². The third-order valence-electron chi connectivity index (χ3n) is 1.92. The number of carboxylic acids is 1. The summed E-state index contributed by atoms with van der Waals surface area (Å²) in [4.78, 5) is 17.5. The zero-order valence-electron chi connectivity index (χ0n) is 7.80. The molecule has 0 aromatic rings. The van der Waals surface area contributed by atoms with E-state index in [2.05, 4.69) is 4.99 Å². The first-order valence-electron chi connectivity index (χ1n) is 4.11. The molecule has 0 saturated carbocycles. The van der Waals surface area contributed by atoms with Gasteiger partial charge in [-0.15, -0.1) is 0 Å². The number of rotatable bonds is 1. The molecule has 0 aliphatic carbocycles. The van der Waals surface area contributed by atoms with Crippen LogP contribution in [0.15, 0.2) is 16.0 Å². The summed E-state index contributed by atoms with van der Waals surface area (Å²) in [6, 6.07) is 0. The molecule has 1 N–H and O–H groups in total. The minimum Gasteiger partial charge on any atom is -0.477 e. The molecule has 0 radical (unpaired) electrons. The van der Waals surface area contributed by atoms with E-state index in [1.807, 2.05) is 19.0 Å². The standard InChI is InChI=1S/C8H10N2O2S2/c1-10(2)8-9-6-4(14-8)3-5(13-6)7(11)12/h3-4,6H,1-2H3,(H,11,12). The zero-order valence-corrected chi connectivity index (χ0v) is 9.43. The van der Waals surface area contributed by atoms with Crippen molar-refractivity contribution in [3.63, 3.8) is 0 Å². The highest BCUT2D eigenvalue weighted by atomic mass is 32.2. The molecule has 4 nitrogen and oxygen atoms in total. The number of carbonyl (C=O) groups is 1. The zero-order chi connectivity index (χ0) is 10.3. The van der Waals surface area contributed by atoms with E-state index in [1.165, 1.54) is 11.8 Å². The minimum atomic E-state index is -0.841. The molecule has 0 aromatic carbocycles. The van der Waals surface area contributed by atoms with Crippen molar-refractivity contribution >= 4 is 34.7 Å². The Morgan fingerprint density at radius 3 is 2.79 bits per heavy atom. The molecule has 0 aromatic heterocycles. The van der Waals surface area contributed by atoms with Crippen molar-refractivity contribution in [3.05, 3.63) is 11.0 Å². The fraction of sp³-hybridized carbons (Fsp3) is 0.500. The smallest absolute Gasteiger partial charge is 0.341 e. The maximum atomic E-state index is 10.7. The molecule has 0 amide bonds. The number of hydrogen-bond donors (Lipinski definition) is 1. The summed E-state index contributed by atoms with van der Waals surface area (Å²) < 4.78 is 0. The van der Waals surface area contributed by atoms with Gasteiger partial charge in [-0.1, -0.05) is 23.5 Å². The highest BCUT2D eigenvalue weighted by Crippen LogP contribution is 2.44. The molecule has 2 aliphatic heterocycles. The number of nitrogens with zero attached hydrogens (tertiary/aromatic N) is 2. The van der Waals surface area contributed by atoms with Gasteiger partial charge in [-0.05, 0) is 6.08 Å². The number of aliphatic imine (C=N–C) groups is 1. The van der Waals surface area contributed by atoms with Crippen molar-refractivity contribution in [1.82, 2.24) is 4.90 Å². The molecule has 2 atom stereocenters. The van der Waals surface area contributed by atoms with Gasteiger partial charge in [0, 0.05) is 14.1 Å². The number of carboxylic acid groups (broad SMARTS) is 1. The Hall–Kier alpha value is -0.620. The van der Waals surface area contributed by atoms with Gasteiger partial charge in [0.05, 0.1) is 10.2 Å². The molecular formula is C8H10N2O2S2. The van der Waals surface area contributed by atoms with Crippen LogP contribution in [0.1, 0.15) is 0 Å². The quantitative estimate of drug-likeness (QED) is 0.730. The van der Waals surface area contributed by atoms with Gasteiger partial charge in [-0.3, -0.25) is 0 Å². The molecule has 2 unspecified atom stereocenters. The lowest BCUT2D eigenvalue weighted by Crippen LogP contribution is -2.17. The predicted molar refractivity (Wildman–Crippen MR) is 59.6 cm³/mol. The molecule has 14 heavy (non-hydrogen) atoms. The normalized spacial score (nSPS) is 29.6. The Bertz CT molecular complexity index is 338. The first-order chi connectivity index (χ1) is 6.58. The predicted octanol–water partition coefficient (Wildman–Crippen LogP) is 1.06. The van der Waals surface area contributed by atoms with E-state index in [1.54, 1.807) is 17.8 Å². The first-order valence-corrected chi connectivity index (χ1v) is 5.87. The van der Waals surface area contributed by atoms with Gasteiger partial charge in [0.1, 0.15) is 5.37 Å². The lowest BCUT2D eigenvalue weighted by atomic mass is 10.4.